The molecule has 0 saturated carbocycles. The lowest BCUT2D eigenvalue weighted by Crippen LogP contribution is -2.36. The van der Waals surface area contributed by atoms with E-state index in [-0.39, 0.29) is 11.8 Å². The third-order valence-electron chi connectivity index (χ3n) is 3.42. The fourth-order valence-corrected chi connectivity index (χ4v) is 2.15. The first-order chi connectivity index (χ1) is 12.0. The van der Waals surface area contributed by atoms with E-state index in [1.165, 1.54) is 5.56 Å². The number of nitrogens with one attached hydrogen (secondary N) is 1. The van der Waals surface area contributed by atoms with Gasteiger partial charge in [-0.3, -0.25) is 14.9 Å². The number of benzene rings is 1. The summed E-state index contributed by atoms with van der Waals surface area (Å²) in [5.74, 6) is -2.27. The Hall–Kier alpha value is -3.16. The van der Waals surface area contributed by atoms with E-state index in [9.17, 15) is 19.7 Å². The van der Waals surface area contributed by atoms with Crippen LogP contribution in [0.2, 0.25) is 0 Å². The number of aryl methyl sites for hydroxylation is 1. The zero-order valence-corrected chi connectivity index (χ0v) is 13.6. The Morgan fingerprint density at radius 1 is 1.24 bits per heavy atom. The molecule has 1 aromatic heterocycles. The maximum atomic E-state index is 11.8. The van der Waals surface area contributed by atoms with Crippen molar-refractivity contribution >= 4 is 17.8 Å². The van der Waals surface area contributed by atoms with Crippen LogP contribution in [0.4, 0.5) is 5.88 Å². The summed E-state index contributed by atoms with van der Waals surface area (Å²) in [6, 6.07) is 12.0. The predicted molar refractivity (Wildman–Crippen MR) is 88.0 cm³/mol. The van der Waals surface area contributed by atoms with Gasteiger partial charge in [0, 0.05) is 6.04 Å². The Morgan fingerprint density at radius 2 is 1.96 bits per heavy atom. The van der Waals surface area contributed by atoms with Gasteiger partial charge >= 0.3 is 11.9 Å². The molecule has 8 nitrogen and oxygen atoms in total. The molecule has 25 heavy (non-hydrogen) atoms. The zero-order valence-electron chi connectivity index (χ0n) is 13.6. The maximum Gasteiger partial charge on any atom is 0.433 e. The summed E-state index contributed by atoms with van der Waals surface area (Å²) in [6.45, 7) is 1.38. The monoisotopic (exact) mass is 346 g/mol. The normalized spacial score (nSPS) is 11.6. The van der Waals surface area contributed by atoms with Crippen LogP contribution in [0.15, 0.2) is 46.9 Å². The quantitative estimate of drug-likeness (QED) is 0.446. The van der Waals surface area contributed by atoms with Crippen LogP contribution in [-0.2, 0) is 16.0 Å². The molecule has 2 aromatic rings. The lowest BCUT2D eigenvalue weighted by molar-refractivity contribution is -0.402. The van der Waals surface area contributed by atoms with Crippen LogP contribution in [0.25, 0.3) is 0 Å². The van der Waals surface area contributed by atoms with Gasteiger partial charge in [0.2, 0.25) is 5.76 Å². The van der Waals surface area contributed by atoms with E-state index in [0.29, 0.717) is 0 Å². The van der Waals surface area contributed by atoms with Crippen LogP contribution in [0.1, 0.15) is 29.5 Å². The molecule has 1 heterocycles. The van der Waals surface area contributed by atoms with Crippen LogP contribution in [0.3, 0.4) is 0 Å². The van der Waals surface area contributed by atoms with E-state index in [0.717, 1.165) is 25.0 Å². The first-order valence-electron chi connectivity index (χ1n) is 7.70. The highest BCUT2D eigenvalue weighted by Crippen LogP contribution is 2.16. The number of rotatable bonds is 8. The van der Waals surface area contributed by atoms with Crippen LogP contribution >= 0.6 is 0 Å². The molecular weight excluding hydrogens is 328 g/mol. The number of furan rings is 1. The molecule has 0 saturated heterocycles. The largest absolute Gasteiger partial charge is 0.450 e. The standard InChI is InChI=1S/C17H18N2O6/c1-12(7-8-13-5-3-2-4-6-13)18-15(20)11-24-17(21)14-9-10-16(25-14)19(22)23/h2-6,9-10,12H,7-8,11H2,1H3,(H,18,20). The second-order valence-corrected chi connectivity index (χ2v) is 5.46. The molecule has 132 valence electrons. The van der Waals surface area contributed by atoms with Crippen molar-refractivity contribution in [2.75, 3.05) is 6.61 Å². The third-order valence-corrected chi connectivity index (χ3v) is 3.42. The van der Waals surface area contributed by atoms with Crippen molar-refractivity contribution in [3.63, 3.8) is 0 Å². The zero-order chi connectivity index (χ0) is 18.2. The molecule has 1 unspecified atom stereocenters. The molecule has 1 N–H and O–H groups in total. The highest BCUT2D eigenvalue weighted by atomic mass is 16.7. The summed E-state index contributed by atoms with van der Waals surface area (Å²) in [5.41, 5.74) is 1.18. The number of hydrogen-bond acceptors (Lipinski definition) is 6. The van der Waals surface area contributed by atoms with Gasteiger partial charge in [-0.2, -0.15) is 0 Å². The number of nitrogens with zero attached hydrogens (tertiary/aromatic N) is 1. The number of esters is 1. The molecule has 0 aliphatic carbocycles. The van der Waals surface area contributed by atoms with Crippen molar-refractivity contribution in [1.82, 2.24) is 5.32 Å². The Bertz CT molecular complexity index is 741. The lowest BCUT2D eigenvalue weighted by atomic mass is 10.1. The SMILES string of the molecule is CC(CCc1ccccc1)NC(=O)COC(=O)c1ccc([N+](=O)[O-])o1. The Kier molecular flexibility index (Phi) is 6.27. The van der Waals surface area contributed by atoms with Gasteiger partial charge in [-0.25, -0.2) is 4.79 Å². The fraction of sp³-hybridized carbons (Fsp3) is 0.294. The molecule has 0 bridgehead atoms. The molecule has 1 atom stereocenters. The van der Waals surface area contributed by atoms with E-state index >= 15 is 0 Å². The van der Waals surface area contributed by atoms with Crippen molar-refractivity contribution in [3.8, 4) is 0 Å². The molecule has 1 aromatic carbocycles. The number of amides is 1. The first kappa shape index (κ1) is 18.2. The summed E-state index contributed by atoms with van der Waals surface area (Å²) in [5, 5.41) is 13.2. The van der Waals surface area contributed by atoms with Gasteiger partial charge in [-0.15, -0.1) is 0 Å². The summed E-state index contributed by atoms with van der Waals surface area (Å²) < 4.78 is 9.48. The second kappa shape index (κ2) is 8.62. The number of ether oxygens (including phenoxy) is 1. The lowest BCUT2D eigenvalue weighted by Gasteiger charge is -2.13. The van der Waals surface area contributed by atoms with E-state index in [1.54, 1.807) is 0 Å². The topological polar surface area (TPSA) is 112 Å². The van der Waals surface area contributed by atoms with Gasteiger partial charge < -0.3 is 14.5 Å². The minimum atomic E-state index is -0.930. The van der Waals surface area contributed by atoms with Crippen LogP contribution in [0.5, 0.6) is 0 Å². The highest BCUT2D eigenvalue weighted by molar-refractivity contribution is 5.89. The van der Waals surface area contributed by atoms with Gasteiger partial charge in [0.05, 0.1) is 6.07 Å². The molecule has 1 amide bonds. The molecule has 2 rings (SSSR count). The van der Waals surface area contributed by atoms with Crippen LogP contribution in [-0.4, -0.2) is 29.4 Å². The number of hydrogen-bond donors (Lipinski definition) is 1. The average Bonchev–Trinajstić information content (AvgIpc) is 3.09. The van der Waals surface area contributed by atoms with Gasteiger partial charge in [-0.1, -0.05) is 30.3 Å². The average molecular weight is 346 g/mol. The summed E-state index contributed by atoms with van der Waals surface area (Å²) in [6.07, 6.45) is 1.56. The third kappa shape index (κ3) is 5.76. The van der Waals surface area contributed by atoms with Crippen molar-refractivity contribution in [2.45, 2.75) is 25.8 Å². The van der Waals surface area contributed by atoms with E-state index in [4.69, 9.17) is 9.15 Å². The van der Waals surface area contributed by atoms with E-state index in [1.807, 2.05) is 37.3 Å². The van der Waals surface area contributed by atoms with Crippen molar-refractivity contribution < 1.29 is 23.7 Å². The predicted octanol–water partition coefficient (Wildman–Crippen LogP) is 2.48. The summed E-state index contributed by atoms with van der Waals surface area (Å²) >= 11 is 0. The van der Waals surface area contributed by atoms with Crippen molar-refractivity contribution in [3.05, 3.63) is 63.9 Å². The van der Waals surface area contributed by atoms with Crippen LogP contribution < -0.4 is 5.32 Å². The Labute approximate surface area is 143 Å². The van der Waals surface area contributed by atoms with Gasteiger partial charge in [0.1, 0.15) is 4.92 Å². The molecule has 0 aliphatic heterocycles. The smallest absolute Gasteiger partial charge is 0.433 e. The van der Waals surface area contributed by atoms with E-state index in [2.05, 4.69) is 5.32 Å². The molecule has 0 fully saturated rings. The minimum Gasteiger partial charge on any atom is -0.450 e. The van der Waals surface area contributed by atoms with Crippen molar-refractivity contribution in [1.29, 1.82) is 0 Å². The van der Waals surface area contributed by atoms with Crippen LogP contribution in [0, 0.1) is 10.1 Å². The fourth-order valence-electron chi connectivity index (χ4n) is 2.15. The van der Waals surface area contributed by atoms with Gasteiger partial charge in [0.15, 0.2) is 6.61 Å². The molecule has 8 heteroatoms. The highest BCUT2D eigenvalue weighted by Gasteiger charge is 2.19. The molecule has 0 aliphatic rings. The van der Waals surface area contributed by atoms with Gasteiger partial charge in [-0.05, 0) is 31.4 Å². The maximum absolute atomic E-state index is 11.8. The Balaban J connectivity index is 1.72. The first-order valence-corrected chi connectivity index (χ1v) is 7.70. The number of carbonyl (C=O) groups excluding carboxylic acids is 2. The Morgan fingerprint density at radius 3 is 2.60 bits per heavy atom. The van der Waals surface area contributed by atoms with Gasteiger partial charge in [0.25, 0.3) is 5.91 Å². The number of carbonyl (C=O) groups is 2. The molecule has 0 spiro atoms. The summed E-state index contributed by atoms with van der Waals surface area (Å²) in [4.78, 5) is 33.2. The summed E-state index contributed by atoms with van der Waals surface area (Å²) in [7, 11) is 0. The number of nitro groups is 1. The van der Waals surface area contributed by atoms with Crippen molar-refractivity contribution in [2.24, 2.45) is 0 Å². The van der Waals surface area contributed by atoms with E-state index < -0.39 is 29.3 Å². The molecule has 0 radical (unpaired) electrons. The molecular formula is C17H18N2O6. The second-order valence-electron chi connectivity index (χ2n) is 5.46. The minimum absolute atomic E-state index is 0.0869.